The van der Waals surface area contributed by atoms with Crippen molar-refractivity contribution in [1.82, 2.24) is 0 Å². The number of ether oxygens (including phenoxy) is 1. The van der Waals surface area contributed by atoms with E-state index >= 15 is 0 Å². The number of carbonyl (C=O) groups is 1. The Labute approximate surface area is 191 Å². The van der Waals surface area contributed by atoms with Crippen molar-refractivity contribution in [2.75, 3.05) is 0 Å². The van der Waals surface area contributed by atoms with Crippen LogP contribution in [0.3, 0.4) is 0 Å². The molecule has 0 aliphatic rings. The van der Waals surface area contributed by atoms with Crippen molar-refractivity contribution in [3.05, 3.63) is 98.5 Å². The van der Waals surface area contributed by atoms with Gasteiger partial charge >= 0.3 is 11.6 Å². The molecule has 158 valence electrons. The van der Waals surface area contributed by atoms with Crippen LogP contribution in [0.4, 0.5) is 0 Å². The highest BCUT2D eigenvalue weighted by Crippen LogP contribution is 2.30. The molecule has 0 radical (unpaired) electrons. The molecule has 3 aromatic carbocycles. The minimum Gasteiger partial charge on any atom is -0.449 e. The van der Waals surface area contributed by atoms with Gasteiger partial charge in [-0.3, -0.25) is 0 Å². The quantitative estimate of drug-likeness (QED) is 0.162. The van der Waals surface area contributed by atoms with Crippen LogP contribution >= 0.6 is 23.2 Å². The fourth-order valence-electron chi connectivity index (χ4n) is 3.62. The normalized spacial score (nSPS) is 11.2. The summed E-state index contributed by atoms with van der Waals surface area (Å²) in [4.78, 5) is 25.2. The Morgan fingerprint density at radius 3 is 2.38 bits per heavy atom. The fraction of sp³-hybridized carbons (Fsp3) is 0.0400. The SMILES string of the molecule is Cc1c(-c2ccc(Cl)cc2)c(=O)oc2cc(OC(=O)c3cc4cc(Cl)ccc4o3)ccc12. The highest BCUT2D eigenvalue weighted by atomic mass is 35.5. The van der Waals surface area contributed by atoms with Crippen molar-refractivity contribution in [1.29, 1.82) is 0 Å². The average molecular weight is 465 g/mol. The van der Waals surface area contributed by atoms with Crippen LogP contribution in [0.2, 0.25) is 10.0 Å². The Kier molecular flexibility index (Phi) is 5.00. The lowest BCUT2D eigenvalue weighted by Crippen LogP contribution is -2.08. The molecule has 0 aliphatic heterocycles. The van der Waals surface area contributed by atoms with Crippen molar-refractivity contribution >= 4 is 51.1 Å². The van der Waals surface area contributed by atoms with Gasteiger partial charge in [-0.25, -0.2) is 9.59 Å². The molecule has 0 saturated heterocycles. The molecule has 0 saturated carbocycles. The van der Waals surface area contributed by atoms with Crippen LogP contribution in [-0.2, 0) is 0 Å². The maximum Gasteiger partial charge on any atom is 0.379 e. The number of hydrogen-bond donors (Lipinski definition) is 0. The molecule has 5 aromatic rings. The van der Waals surface area contributed by atoms with Crippen LogP contribution in [0, 0.1) is 6.92 Å². The van der Waals surface area contributed by atoms with Gasteiger partial charge in [0.15, 0.2) is 0 Å². The zero-order chi connectivity index (χ0) is 22.4. The second-order valence-corrected chi connectivity index (χ2v) is 8.11. The molecular formula is C25H14Cl2O5. The first-order chi connectivity index (χ1) is 15.4. The lowest BCUT2D eigenvalue weighted by molar-refractivity contribution is 0.0704. The molecule has 0 bridgehead atoms. The Morgan fingerprint density at radius 2 is 1.59 bits per heavy atom. The molecule has 7 heteroatoms. The van der Waals surface area contributed by atoms with Crippen molar-refractivity contribution in [3.8, 4) is 16.9 Å². The number of rotatable bonds is 3. The van der Waals surface area contributed by atoms with Gasteiger partial charge in [0.05, 0.1) is 5.56 Å². The van der Waals surface area contributed by atoms with E-state index in [0.717, 1.165) is 10.9 Å². The molecule has 0 aliphatic carbocycles. The zero-order valence-corrected chi connectivity index (χ0v) is 18.2. The molecular weight excluding hydrogens is 451 g/mol. The van der Waals surface area contributed by atoms with Crippen molar-refractivity contribution in [2.24, 2.45) is 0 Å². The molecule has 5 rings (SSSR count). The lowest BCUT2D eigenvalue weighted by atomic mass is 10.00. The van der Waals surface area contributed by atoms with E-state index in [1.165, 1.54) is 6.07 Å². The van der Waals surface area contributed by atoms with E-state index < -0.39 is 11.6 Å². The number of aryl methyl sites for hydroxylation is 1. The monoisotopic (exact) mass is 464 g/mol. The topological polar surface area (TPSA) is 69.7 Å². The molecule has 2 aromatic heterocycles. The molecule has 2 heterocycles. The number of fused-ring (bicyclic) bond motifs is 2. The van der Waals surface area contributed by atoms with Crippen LogP contribution in [0.15, 0.2) is 80.4 Å². The van der Waals surface area contributed by atoms with Gasteiger partial charge in [-0.15, -0.1) is 0 Å². The first-order valence-electron chi connectivity index (χ1n) is 9.64. The standard InChI is InChI=1S/C25H14Cl2O5/c1-13-19-8-7-18(30-24(28)22-11-15-10-17(27)6-9-20(15)31-22)12-21(19)32-25(29)23(13)14-2-4-16(26)5-3-14/h2-12H,1H3. The molecule has 5 nitrogen and oxygen atoms in total. The maximum atomic E-state index is 12.7. The van der Waals surface area contributed by atoms with Crippen LogP contribution in [0.1, 0.15) is 16.1 Å². The number of hydrogen-bond acceptors (Lipinski definition) is 5. The second kappa shape index (κ2) is 7.86. The minimum atomic E-state index is -0.673. The molecule has 0 spiro atoms. The highest BCUT2D eigenvalue weighted by Gasteiger charge is 2.17. The third kappa shape index (κ3) is 3.66. The van der Waals surface area contributed by atoms with E-state index in [1.807, 2.05) is 6.92 Å². The zero-order valence-electron chi connectivity index (χ0n) is 16.6. The van der Waals surface area contributed by atoms with Crippen molar-refractivity contribution < 1.29 is 18.4 Å². The van der Waals surface area contributed by atoms with E-state index in [2.05, 4.69) is 0 Å². The average Bonchev–Trinajstić information content (AvgIpc) is 3.18. The first-order valence-corrected chi connectivity index (χ1v) is 10.4. The maximum absolute atomic E-state index is 12.7. The number of benzene rings is 3. The third-order valence-electron chi connectivity index (χ3n) is 5.16. The van der Waals surface area contributed by atoms with Gasteiger partial charge < -0.3 is 13.6 Å². The molecule has 0 amide bonds. The number of halogens is 2. The van der Waals surface area contributed by atoms with Gasteiger partial charge in [0.2, 0.25) is 5.76 Å². The molecule has 0 atom stereocenters. The number of carbonyl (C=O) groups excluding carboxylic acids is 1. The lowest BCUT2D eigenvalue weighted by Gasteiger charge is -2.09. The van der Waals surface area contributed by atoms with Gasteiger partial charge in [-0.1, -0.05) is 35.3 Å². The summed E-state index contributed by atoms with van der Waals surface area (Å²) in [7, 11) is 0. The predicted octanol–water partition coefficient (Wildman–Crippen LogP) is 7.04. The summed E-state index contributed by atoms with van der Waals surface area (Å²) in [6.45, 7) is 1.84. The fourth-order valence-corrected chi connectivity index (χ4v) is 3.93. The van der Waals surface area contributed by atoms with Crippen LogP contribution in [0.5, 0.6) is 5.75 Å². The summed E-state index contributed by atoms with van der Waals surface area (Å²) in [6, 6.07) is 18.5. The molecule has 32 heavy (non-hydrogen) atoms. The van der Waals surface area contributed by atoms with Gasteiger partial charge in [0.25, 0.3) is 0 Å². The minimum absolute atomic E-state index is 0.0399. The van der Waals surface area contributed by atoms with E-state index in [4.69, 9.17) is 36.8 Å². The van der Waals surface area contributed by atoms with Crippen LogP contribution < -0.4 is 10.4 Å². The van der Waals surface area contributed by atoms with Gasteiger partial charge in [-0.05, 0) is 66.6 Å². The van der Waals surface area contributed by atoms with Crippen LogP contribution in [-0.4, -0.2) is 5.97 Å². The van der Waals surface area contributed by atoms with E-state index in [-0.39, 0.29) is 11.5 Å². The summed E-state index contributed by atoms with van der Waals surface area (Å²) < 4.78 is 16.5. The van der Waals surface area contributed by atoms with Gasteiger partial charge in [0.1, 0.15) is 16.9 Å². The first kappa shape index (κ1) is 20.4. The summed E-state index contributed by atoms with van der Waals surface area (Å²) in [5, 5.41) is 2.54. The Hall–Kier alpha value is -3.54. The third-order valence-corrected chi connectivity index (χ3v) is 5.65. The van der Waals surface area contributed by atoms with E-state index in [1.54, 1.807) is 60.7 Å². The molecule has 0 N–H and O–H groups in total. The number of furan rings is 1. The summed E-state index contributed by atoms with van der Waals surface area (Å²) >= 11 is 11.9. The molecule has 0 unspecified atom stereocenters. The molecule has 0 fully saturated rings. The summed E-state index contributed by atoms with van der Waals surface area (Å²) in [6.07, 6.45) is 0. The van der Waals surface area contributed by atoms with E-state index in [9.17, 15) is 9.59 Å². The Balaban J connectivity index is 1.49. The largest absolute Gasteiger partial charge is 0.449 e. The highest BCUT2D eigenvalue weighted by molar-refractivity contribution is 6.31. The second-order valence-electron chi connectivity index (χ2n) is 7.24. The summed E-state index contributed by atoms with van der Waals surface area (Å²) in [5.41, 5.74) is 2.27. The predicted molar refractivity (Wildman–Crippen MR) is 124 cm³/mol. The summed E-state index contributed by atoms with van der Waals surface area (Å²) in [5.74, 6) is -0.408. The number of esters is 1. The van der Waals surface area contributed by atoms with Crippen molar-refractivity contribution in [2.45, 2.75) is 6.92 Å². The van der Waals surface area contributed by atoms with Crippen molar-refractivity contribution in [3.63, 3.8) is 0 Å². The van der Waals surface area contributed by atoms with E-state index in [0.29, 0.717) is 37.7 Å². The smallest absolute Gasteiger partial charge is 0.379 e. The van der Waals surface area contributed by atoms with Crippen LogP contribution in [0.25, 0.3) is 33.1 Å². The Bertz CT molecular complexity index is 1560. The Morgan fingerprint density at radius 1 is 0.844 bits per heavy atom. The van der Waals surface area contributed by atoms with Gasteiger partial charge in [-0.2, -0.15) is 0 Å². The van der Waals surface area contributed by atoms with Gasteiger partial charge in [0, 0.05) is 26.9 Å².